The largest absolute Gasteiger partial charge is 0.330 e. The van der Waals surface area contributed by atoms with Gasteiger partial charge in [-0.25, -0.2) is 4.39 Å². The van der Waals surface area contributed by atoms with E-state index >= 15 is 0 Å². The van der Waals surface area contributed by atoms with Crippen molar-refractivity contribution in [2.75, 3.05) is 6.54 Å². The maximum absolute atomic E-state index is 13.2. The van der Waals surface area contributed by atoms with Crippen LogP contribution in [0.2, 0.25) is 5.02 Å². The molecule has 106 valence electrons. The summed E-state index contributed by atoms with van der Waals surface area (Å²) in [6, 6.07) is 5.03. The predicted molar refractivity (Wildman–Crippen MR) is 78.9 cm³/mol. The summed E-state index contributed by atoms with van der Waals surface area (Å²) in [7, 11) is 0. The molecule has 0 spiro atoms. The lowest BCUT2D eigenvalue weighted by Gasteiger charge is -2.43. The molecule has 19 heavy (non-hydrogen) atoms. The quantitative estimate of drug-likeness (QED) is 0.864. The van der Waals surface area contributed by atoms with Crippen LogP contribution in [-0.2, 0) is 6.42 Å². The van der Waals surface area contributed by atoms with E-state index in [4.69, 9.17) is 17.3 Å². The van der Waals surface area contributed by atoms with E-state index in [0.29, 0.717) is 12.0 Å². The zero-order valence-electron chi connectivity index (χ0n) is 11.8. The zero-order valence-corrected chi connectivity index (χ0v) is 12.6. The minimum atomic E-state index is -0.350. The van der Waals surface area contributed by atoms with Crippen molar-refractivity contribution >= 4 is 11.6 Å². The molecule has 0 radical (unpaired) electrons. The van der Waals surface area contributed by atoms with Crippen molar-refractivity contribution in [3.63, 3.8) is 0 Å². The predicted octanol–water partition coefficient (Wildman–Crippen LogP) is 4.57. The molecule has 2 rings (SSSR count). The van der Waals surface area contributed by atoms with Crippen LogP contribution >= 0.6 is 11.6 Å². The Morgan fingerprint density at radius 3 is 2.37 bits per heavy atom. The summed E-state index contributed by atoms with van der Waals surface area (Å²) in [6.07, 6.45) is 5.61. The molecule has 3 heteroatoms. The first kappa shape index (κ1) is 14.8. The van der Waals surface area contributed by atoms with Crippen LogP contribution in [0, 0.1) is 16.6 Å². The summed E-state index contributed by atoms with van der Waals surface area (Å²) >= 11 is 5.86. The third-order valence-corrected chi connectivity index (χ3v) is 4.95. The van der Waals surface area contributed by atoms with Gasteiger partial charge in [0.2, 0.25) is 0 Å². The smallest absolute Gasteiger partial charge is 0.141 e. The minimum Gasteiger partial charge on any atom is -0.330 e. The van der Waals surface area contributed by atoms with E-state index in [0.717, 1.165) is 24.8 Å². The van der Waals surface area contributed by atoms with E-state index in [1.807, 2.05) is 6.07 Å². The van der Waals surface area contributed by atoms with Crippen LogP contribution in [0.15, 0.2) is 18.2 Å². The molecule has 0 aliphatic heterocycles. The van der Waals surface area contributed by atoms with Crippen molar-refractivity contribution in [1.29, 1.82) is 0 Å². The number of rotatable bonds is 3. The van der Waals surface area contributed by atoms with Crippen LogP contribution in [0.4, 0.5) is 4.39 Å². The Balaban J connectivity index is 2.13. The number of halogens is 2. The van der Waals surface area contributed by atoms with Gasteiger partial charge in [0.1, 0.15) is 5.82 Å². The Bertz CT molecular complexity index is 446. The van der Waals surface area contributed by atoms with Gasteiger partial charge in [-0.05, 0) is 67.2 Å². The van der Waals surface area contributed by atoms with E-state index in [-0.39, 0.29) is 16.3 Å². The Kier molecular flexibility index (Phi) is 4.22. The second kappa shape index (κ2) is 5.41. The summed E-state index contributed by atoms with van der Waals surface area (Å²) in [5.41, 5.74) is 7.72. The standard InChI is InChI=1S/C16H23ClFN/c1-15(2)5-7-16(11-19,8-6-15)10-12-3-4-14(18)13(17)9-12/h3-4,9H,5-8,10-11,19H2,1-2H3. The second-order valence-electron chi connectivity index (χ2n) is 6.79. The Hall–Kier alpha value is -0.600. The fourth-order valence-corrected chi connectivity index (χ4v) is 3.20. The highest BCUT2D eigenvalue weighted by Gasteiger charge is 2.37. The molecule has 1 aliphatic rings. The molecule has 0 heterocycles. The average molecular weight is 284 g/mol. The van der Waals surface area contributed by atoms with Gasteiger partial charge >= 0.3 is 0 Å². The summed E-state index contributed by atoms with van der Waals surface area (Å²) in [6.45, 7) is 5.34. The lowest BCUT2D eigenvalue weighted by atomic mass is 9.63. The third kappa shape index (κ3) is 3.49. The van der Waals surface area contributed by atoms with Gasteiger partial charge in [-0.15, -0.1) is 0 Å². The van der Waals surface area contributed by atoms with Crippen LogP contribution in [0.5, 0.6) is 0 Å². The molecule has 1 saturated carbocycles. The van der Waals surface area contributed by atoms with Crippen LogP contribution in [0.3, 0.4) is 0 Å². The minimum absolute atomic E-state index is 0.163. The molecular formula is C16H23ClFN. The fourth-order valence-electron chi connectivity index (χ4n) is 2.99. The molecule has 0 unspecified atom stereocenters. The van der Waals surface area contributed by atoms with E-state index in [1.54, 1.807) is 6.07 Å². The lowest BCUT2D eigenvalue weighted by molar-refractivity contribution is 0.108. The van der Waals surface area contributed by atoms with Crippen LogP contribution < -0.4 is 5.73 Å². The molecule has 2 N–H and O–H groups in total. The Morgan fingerprint density at radius 2 is 1.84 bits per heavy atom. The molecule has 0 amide bonds. The van der Waals surface area contributed by atoms with Crippen molar-refractivity contribution in [2.45, 2.75) is 46.0 Å². The maximum Gasteiger partial charge on any atom is 0.141 e. The van der Waals surface area contributed by atoms with Gasteiger partial charge in [-0.2, -0.15) is 0 Å². The summed E-state index contributed by atoms with van der Waals surface area (Å²) in [4.78, 5) is 0. The molecule has 1 nitrogen and oxygen atoms in total. The highest BCUT2D eigenvalue weighted by Crippen LogP contribution is 2.46. The van der Waals surface area contributed by atoms with Crippen molar-refractivity contribution in [3.05, 3.63) is 34.6 Å². The van der Waals surface area contributed by atoms with Gasteiger partial charge in [-0.3, -0.25) is 0 Å². The van der Waals surface area contributed by atoms with Crippen molar-refractivity contribution < 1.29 is 4.39 Å². The van der Waals surface area contributed by atoms with Crippen molar-refractivity contribution in [3.8, 4) is 0 Å². The van der Waals surface area contributed by atoms with Crippen molar-refractivity contribution in [1.82, 2.24) is 0 Å². The van der Waals surface area contributed by atoms with Gasteiger partial charge in [0, 0.05) is 0 Å². The second-order valence-corrected chi connectivity index (χ2v) is 7.20. The van der Waals surface area contributed by atoms with Crippen LogP contribution in [0.1, 0.15) is 45.1 Å². The molecule has 1 aromatic rings. The van der Waals surface area contributed by atoms with E-state index in [2.05, 4.69) is 13.8 Å². The molecule has 1 aromatic carbocycles. The Morgan fingerprint density at radius 1 is 1.21 bits per heavy atom. The van der Waals surface area contributed by atoms with Crippen molar-refractivity contribution in [2.24, 2.45) is 16.6 Å². The molecular weight excluding hydrogens is 261 g/mol. The molecule has 1 fully saturated rings. The van der Waals surface area contributed by atoms with Gasteiger partial charge in [0.15, 0.2) is 0 Å². The first-order chi connectivity index (χ1) is 8.86. The number of benzene rings is 1. The summed E-state index contributed by atoms with van der Waals surface area (Å²) < 4.78 is 13.2. The SMILES string of the molecule is CC1(C)CCC(CN)(Cc2ccc(F)c(Cl)c2)CC1. The Labute approximate surface area is 120 Å². The molecule has 0 aromatic heterocycles. The lowest BCUT2D eigenvalue weighted by Crippen LogP contribution is -2.38. The molecule has 1 aliphatic carbocycles. The summed E-state index contributed by atoms with van der Waals surface area (Å²) in [5.74, 6) is -0.350. The number of hydrogen-bond donors (Lipinski definition) is 1. The summed E-state index contributed by atoms with van der Waals surface area (Å²) in [5, 5.41) is 0.209. The van der Waals surface area contributed by atoms with Gasteiger partial charge in [0.25, 0.3) is 0 Å². The zero-order chi connectivity index (χ0) is 14.1. The van der Waals surface area contributed by atoms with E-state index < -0.39 is 0 Å². The number of hydrogen-bond acceptors (Lipinski definition) is 1. The average Bonchev–Trinajstić information content (AvgIpc) is 2.37. The van der Waals surface area contributed by atoms with Crippen LogP contribution in [-0.4, -0.2) is 6.54 Å². The van der Waals surface area contributed by atoms with E-state index in [9.17, 15) is 4.39 Å². The highest BCUT2D eigenvalue weighted by atomic mass is 35.5. The first-order valence-electron chi connectivity index (χ1n) is 7.00. The maximum atomic E-state index is 13.2. The van der Waals surface area contributed by atoms with Crippen LogP contribution in [0.25, 0.3) is 0 Å². The monoisotopic (exact) mass is 283 g/mol. The normalized spacial score (nSPS) is 21.3. The number of nitrogens with two attached hydrogens (primary N) is 1. The fraction of sp³-hybridized carbons (Fsp3) is 0.625. The molecule has 0 saturated heterocycles. The van der Waals surface area contributed by atoms with E-state index in [1.165, 1.54) is 18.9 Å². The highest BCUT2D eigenvalue weighted by molar-refractivity contribution is 6.30. The van der Waals surface area contributed by atoms with Gasteiger partial charge in [-0.1, -0.05) is 31.5 Å². The molecule has 0 atom stereocenters. The van der Waals surface area contributed by atoms with Gasteiger partial charge < -0.3 is 5.73 Å². The molecule has 0 bridgehead atoms. The van der Waals surface area contributed by atoms with Gasteiger partial charge in [0.05, 0.1) is 5.02 Å². The first-order valence-corrected chi connectivity index (χ1v) is 7.38. The third-order valence-electron chi connectivity index (χ3n) is 4.66. The topological polar surface area (TPSA) is 26.0 Å².